The van der Waals surface area contributed by atoms with Crippen LogP contribution in [-0.4, -0.2) is 21.2 Å². The lowest BCUT2D eigenvalue weighted by atomic mass is 10.1. The standard InChI is InChI=1S/C11H11NO3/c1-2-7-8-4-3-6(13)5-9(8)12-10(7)11(14)15/h3-5,12-13H,2H2,1H3,(H,14,15). The molecule has 2 aromatic rings. The first-order valence-corrected chi connectivity index (χ1v) is 4.70. The summed E-state index contributed by atoms with van der Waals surface area (Å²) < 4.78 is 0. The van der Waals surface area contributed by atoms with Crippen LogP contribution in [0, 0.1) is 0 Å². The van der Waals surface area contributed by atoms with Crippen molar-refractivity contribution in [2.24, 2.45) is 0 Å². The Balaban J connectivity index is 2.78. The third-order valence-corrected chi connectivity index (χ3v) is 2.46. The highest BCUT2D eigenvalue weighted by Crippen LogP contribution is 2.26. The van der Waals surface area contributed by atoms with E-state index >= 15 is 0 Å². The molecule has 1 aromatic carbocycles. The van der Waals surface area contributed by atoms with Crippen LogP contribution in [-0.2, 0) is 6.42 Å². The van der Waals surface area contributed by atoms with Crippen LogP contribution in [0.1, 0.15) is 23.0 Å². The first-order valence-electron chi connectivity index (χ1n) is 4.70. The van der Waals surface area contributed by atoms with Gasteiger partial charge in [0.15, 0.2) is 0 Å². The molecule has 0 atom stereocenters. The van der Waals surface area contributed by atoms with Gasteiger partial charge in [0, 0.05) is 11.5 Å². The number of carboxylic acid groups (broad SMARTS) is 1. The predicted molar refractivity (Wildman–Crippen MR) is 56.3 cm³/mol. The molecule has 1 heterocycles. The number of H-pyrrole nitrogens is 1. The van der Waals surface area contributed by atoms with E-state index in [0.717, 1.165) is 10.9 Å². The number of aryl methyl sites for hydroxylation is 1. The third kappa shape index (κ3) is 1.44. The van der Waals surface area contributed by atoms with Gasteiger partial charge in [0.05, 0.1) is 5.52 Å². The summed E-state index contributed by atoms with van der Waals surface area (Å²) in [5.41, 5.74) is 1.64. The molecule has 0 bridgehead atoms. The minimum atomic E-state index is -0.970. The van der Waals surface area contributed by atoms with E-state index in [1.54, 1.807) is 12.1 Å². The number of aromatic amines is 1. The molecular weight excluding hydrogens is 194 g/mol. The number of nitrogens with one attached hydrogen (secondary N) is 1. The Labute approximate surface area is 86.2 Å². The number of aromatic nitrogens is 1. The zero-order chi connectivity index (χ0) is 11.0. The van der Waals surface area contributed by atoms with Crippen LogP contribution in [0.4, 0.5) is 0 Å². The zero-order valence-corrected chi connectivity index (χ0v) is 8.24. The molecular formula is C11H11NO3. The number of phenolic OH excluding ortho intramolecular Hbond substituents is 1. The van der Waals surface area contributed by atoms with E-state index in [4.69, 9.17) is 5.11 Å². The number of carbonyl (C=O) groups is 1. The minimum absolute atomic E-state index is 0.128. The monoisotopic (exact) mass is 205 g/mol. The average Bonchev–Trinajstić information content (AvgIpc) is 2.55. The van der Waals surface area contributed by atoms with Gasteiger partial charge in [0.2, 0.25) is 0 Å². The minimum Gasteiger partial charge on any atom is -0.508 e. The molecule has 0 unspecified atom stereocenters. The molecule has 1 aromatic heterocycles. The number of benzene rings is 1. The Kier molecular flexibility index (Phi) is 2.11. The normalized spacial score (nSPS) is 10.7. The van der Waals surface area contributed by atoms with Crippen molar-refractivity contribution in [3.05, 3.63) is 29.5 Å². The van der Waals surface area contributed by atoms with Gasteiger partial charge in [-0.25, -0.2) is 4.79 Å². The van der Waals surface area contributed by atoms with E-state index in [1.165, 1.54) is 6.07 Å². The van der Waals surface area contributed by atoms with Crippen molar-refractivity contribution >= 4 is 16.9 Å². The van der Waals surface area contributed by atoms with Gasteiger partial charge in [-0.05, 0) is 24.1 Å². The lowest BCUT2D eigenvalue weighted by molar-refractivity contribution is 0.0690. The smallest absolute Gasteiger partial charge is 0.352 e. The molecule has 3 N–H and O–H groups in total. The van der Waals surface area contributed by atoms with Crippen molar-refractivity contribution in [2.75, 3.05) is 0 Å². The highest BCUT2D eigenvalue weighted by atomic mass is 16.4. The number of carboxylic acids is 1. The second-order valence-electron chi connectivity index (χ2n) is 3.37. The van der Waals surface area contributed by atoms with Crippen LogP contribution in [0.5, 0.6) is 5.75 Å². The summed E-state index contributed by atoms with van der Waals surface area (Å²) in [5, 5.41) is 19.1. The zero-order valence-electron chi connectivity index (χ0n) is 8.24. The molecule has 15 heavy (non-hydrogen) atoms. The van der Waals surface area contributed by atoms with Crippen LogP contribution in [0.2, 0.25) is 0 Å². The number of hydrogen-bond donors (Lipinski definition) is 3. The van der Waals surface area contributed by atoms with Gasteiger partial charge < -0.3 is 15.2 Å². The molecule has 0 aliphatic rings. The first kappa shape index (κ1) is 9.58. The maximum Gasteiger partial charge on any atom is 0.352 e. The quantitative estimate of drug-likeness (QED) is 0.703. The van der Waals surface area contributed by atoms with Crippen molar-refractivity contribution in [2.45, 2.75) is 13.3 Å². The fourth-order valence-electron chi connectivity index (χ4n) is 1.79. The van der Waals surface area contributed by atoms with Gasteiger partial charge in [-0.1, -0.05) is 6.92 Å². The summed E-state index contributed by atoms with van der Waals surface area (Å²) in [4.78, 5) is 13.7. The highest BCUT2D eigenvalue weighted by molar-refractivity contribution is 5.97. The van der Waals surface area contributed by atoms with E-state index in [1.807, 2.05) is 6.92 Å². The van der Waals surface area contributed by atoms with Crippen LogP contribution in [0.25, 0.3) is 10.9 Å². The van der Waals surface area contributed by atoms with Crippen LogP contribution in [0.15, 0.2) is 18.2 Å². The second-order valence-corrected chi connectivity index (χ2v) is 3.37. The molecule has 78 valence electrons. The van der Waals surface area contributed by atoms with Crippen LogP contribution < -0.4 is 0 Å². The SMILES string of the molecule is CCc1c(C(=O)O)[nH]c2cc(O)ccc12. The average molecular weight is 205 g/mol. The second kappa shape index (κ2) is 3.31. The maximum atomic E-state index is 10.9. The first-order chi connectivity index (χ1) is 7.13. The van der Waals surface area contributed by atoms with E-state index in [9.17, 15) is 9.90 Å². The molecule has 0 amide bonds. The summed E-state index contributed by atoms with van der Waals surface area (Å²) >= 11 is 0. The van der Waals surface area contributed by atoms with Gasteiger partial charge in [-0.15, -0.1) is 0 Å². The largest absolute Gasteiger partial charge is 0.508 e. The molecule has 2 rings (SSSR count). The Hall–Kier alpha value is -1.97. The Morgan fingerprint density at radius 2 is 2.20 bits per heavy atom. The van der Waals surface area contributed by atoms with Gasteiger partial charge >= 0.3 is 5.97 Å². The molecule has 0 aliphatic carbocycles. The third-order valence-electron chi connectivity index (χ3n) is 2.46. The molecule has 0 saturated carbocycles. The molecule has 0 spiro atoms. The van der Waals surface area contributed by atoms with Crippen molar-refractivity contribution in [1.82, 2.24) is 4.98 Å². The number of aromatic carboxylic acids is 1. The van der Waals surface area contributed by atoms with Gasteiger partial charge in [0.25, 0.3) is 0 Å². The fraction of sp³-hybridized carbons (Fsp3) is 0.182. The molecule has 4 nitrogen and oxygen atoms in total. The van der Waals surface area contributed by atoms with Crippen molar-refractivity contribution < 1.29 is 15.0 Å². The van der Waals surface area contributed by atoms with Crippen LogP contribution in [0.3, 0.4) is 0 Å². The number of phenols is 1. The van der Waals surface area contributed by atoms with Crippen molar-refractivity contribution in [3.63, 3.8) is 0 Å². The maximum absolute atomic E-state index is 10.9. The van der Waals surface area contributed by atoms with Crippen LogP contribution >= 0.6 is 0 Å². The summed E-state index contributed by atoms with van der Waals surface area (Å²) in [6, 6.07) is 4.81. The van der Waals surface area contributed by atoms with Gasteiger partial charge in [0.1, 0.15) is 11.4 Å². The van der Waals surface area contributed by atoms with E-state index in [2.05, 4.69) is 4.98 Å². The summed E-state index contributed by atoms with van der Waals surface area (Å²) in [5.74, 6) is -0.842. The van der Waals surface area contributed by atoms with E-state index in [-0.39, 0.29) is 11.4 Å². The van der Waals surface area contributed by atoms with Crippen molar-refractivity contribution in [3.8, 4) is 5.75 Å². The fourth-order valence-corrected chi connectivity index (χ4v) is 1.79. The Morgan fingerprint density at radius 3 is 2.80 bits per heavy atom. The summed E-state index contributed by atoms with van der Waals surface area (Å²) in [6.45, 7) is 1.90. The number of hydrogen-bond acceptors (Lipinski definition) is 2. The lowest BCUT2D eigenvalue weighted by Gasteiger charge is -1.95. The lowest BCUT2D eigenvalue weighted by Crippen LogP contribution is -2.00. The number of fused-ring (bicyclic) bond motifs is 1. The van der Waals surface area contributed by atoms with Gasteiger partial charge in [-0.3, -0.25) is 0 Å². The Bertz CT molecular complexity index is 528. The predicted octanol–water partition coefficient (Wildman–Crippen LogP) is 2.13. The molecule has 4 heteroatoms. The summed E-state index contributed by atoms with van der Waals surface area (Å²) in [6.07, 6.45) is 0.645. The summed E-state index contributed by atoms with van der Waals surface area (Å²) in [7, 11) is 0. The number of aromatic hydroxyl groups is 1. The van der Waals surface area contributed by atoms with Crippen molar-refractivity contribution in [1.29, 1.82) is 0 Å². The Morgan fingerprint density at radius 1 is 1.47 bits per heavy atom. The van der Waals surface area contributed by atoms with Gasteiger partial charge in [-0.2, -0.15) is 0 Å². The topological polar surface area (TPSA) is 73.3 Å². The molecule has 0 fully saturated rings. The molecule has 0 radical (unpaired) electrons. The molecule has 0 aliphatic heterocycles. The van der Waals surface area contributed by atoms with E-state index in [0.29, 0.717) is 11.9 Å². The highest BCUT2D eigenvalue weighted by Gasteiger charge is 2.15. The van der Waals surface area contributed by atoms with E-state index < -0.39 is 5.97 Å². The molecule has 0 saturated heterocycles. The number of rotatable bonds is 2.